The molecule has 2 aromatic rings. The third-order valence-corrected chi connectivity index (χ3v) is 5.49. The van der Waals surface area contributed by atoms with Crippen LogP contribution < -0.4 is 0 Å². The third-order valence-electron chi connectivity index (χ3n) is 5.49. The van der Waals surface area contributed by atoms with E-state index in [0.717, 1.165) is 24.8 Å². The van der Waals surface area contributed by atoms with Crippen LogP contribution in [0.25, 0.3) is 0 Å². The summed E-state index contributed by atoms with van der Waals surface area (Å²) in [4.78, 5) is 39.3. The fourth-order valence-corrected chi connectivity index (χ4v) is 3.90. The van der Waals surface area contributed by atoms with Gasteiger partial charge in [0.05, 0.1) is 5.57 Å². The van der Waals surface area contributed by atoms with Crippen LogP contribution in [0.5, 0.6) is 0 Å². The Kier molecular flexibility index (Phi) is 7.34. The molecule has 0 heterocycles. The molecule has 0 atom stereocenters. The van der Waals surface area contributed by atoms with Gasteiger partial charge in [-0.05, 0) is 42.4 Å². The Bertz CT molecular complexity index is 924. The van der Waals surface area contributed by atoms with Crippen molar-refractivity contribution in [1.82, 2.24) is 4.90 Å². The highest BCUT2D eigenvalue weighted by Crippen LogP contribution is 2.32. The fraction of sp³-hybridized carbons (Fsp3) is 0.346. The second kappa shape index (κ2) is 10.1. The van der Waals surface area contributed by atoms with Crippen LogP contribution in [-0.4, -0.2) is 36.3 Å². The van der Waals surface area contributed by atoms with Crippen molar-refractivity contribution in [1.29, 1.82) is 0 Å². The summed E-state index contributed by atoms with van der Waals surface area (Å²) in [5.74, 6) is -0.285. The van der Waals surface area contributed by atoms with Crippen LogP contribution >= 0.6 is 0 Å². The van der Waals surface area contributed by atoms with E-state index in [1.54, 1.807) is 25.2 Å². The molecule has 0 aliphatic heterocycles. The van der Waals surface area contributed by atoms with Crippen molar-refractivity contribution >= 4 is 17.3 Å². The molecule has 4 heteroatoms. The van der Waals surface area contributed by atoms with E-state index < -0.39 is 0 Å². The quantitative estimate of drug-likeness (QED) is 0.276. The van der Waals surface area contributed by atoms with Crippen LogP contribution in [0.1, 0.15) is 59.5 Å². The molecule has 0 bridgehead atoms. The van der Waals surface area contributed by atoms with Crippen molar-refractivity contribution in [2.24, 2.45) is 0 Å². The molecule has 4 nitrogen and oxygen atoms in total. The molecule has 1 fully saturated rings. The fourth-order valence-electron chi connectivity index (χ4n) is 3.90. The van der Waals surface area contributed by atoms with Gasteiger partial charge in [-0.2, -0.15) is 0 Å². The normalized spacial score (nSPS) is 16.5. The number of benzene rings is 2. The Morgan fingerprint density at radius 1 is 0.967 bits per heavy atom. The molecule has 1 aliphatic rings. The summed E-state index contributed by atoms with van der Waals surface area (Å²) in [6, 6.07) is 17.8. The molecule has 3 rings (SSSR count). The van der Waals surface area contributed by atoms with Gasteiger partial charge in [-0.25, -0.2) is 0 Å². The second-order valence-corrected chi connectivity index (χ2v) is 8.20. The molecule has 1 saturated carbocycles. The summed E-state index contributed by atoms with van der Waals surface area (Å²) < 4.78 is 0. The van der Waals surface area contributed by atoms with Gasteiger partial charge in [-0.3, -0.25) is 14.4 Å². The summed E-state index contributed by atoms with van der Waals surface area (Å²) in [5.41, 5.74) is 3.14. The molecular weight excluding hydrogens is 374 g/mol. The van der Waals surface area contributed by atoms with E-state index in [9.17, 15) is 14.4 Å². The van der Waals surface area contributed by atoms with Gasteiger partial charge in [0.25, 0.3) is 0 Å². The number of carbonyl (C=O) groups is 3. The van der Waals surface area contributed by atoms with Crippen molar-refractivity contribution in [3.8, 4) is 0 Å². The van der Waals surface area contributed by atoms with Crippen LogP contribution in [0.15, 0.2) is 66.4 Å². The van der Waals surface area contributed by atoms with Crippen LogP contribution in [0, 0.1) is 0 Å². The minimum absolute atomic E-state index is 0.117. The highest BCUT2D eigenvalue weighted by atomic mass is 16.2. The summed E-state index contributed by atoms with van der Waals surface area (Å²) >= 11 is 0. The predicted octanol–water partition coefficient (Wildman–Crippen LogP) is 4.74. The zero-order valence-corrected chi connectivity index (χ0v) is 17.8. The van der Waals surface area contributed by atoms with Gasteiger partial charge in [-0.15, -0.1) is 0 Å². The van der Waals surface area contributed by atoms with Gasteiger partial charge in [0.15, 0.2) is 17.3 Å². The first-order chi connectivity index (χ1) is 14.4. The highest BCUT2D eigenvalue weighted by Gasteiger charge is 2.31. The molecular formula is C26H29NO3. The van der Waals surface area contributed by atoms with E-state index in [2.05, 4.69) is 12.1 Å². The summed E-state index contributed by atoms with van der Waals surface area (Å²) in [7, 11) is 3.60. The highest BCUT2D eigenvalue weighted by molar-refractivity contribution is 6.22. The maximum absolute atomic E-state index is 12.6. The summed E-state index contributed by atoms with van der Waals surface area (Å²) in [6.45, 7) is 0. The largest absolute Gasteiger partial charge is 0.383 e. The molecule has 1 aliphatic carbocycles. The Balaban J connectivity index is 1.58. The van der Waals surface area contributed by atoms with Gasteiger partial charge < -0.3 is 4.90 Å². The third kappa shape index (κ3) is 5.76. The zero-order chi connectivity index (χ0) is 21.5. The smallest absolute Gasteiger partial charge is 0.168 e. The van der Waals surface area contributed by atoms with Gasteiger partial charge in [0.1, 0.15) is 0 Å². The Labute approximate surface area is 178 Å². The van der Waals surface area contributed by atoms with Crippen LogP contribution in [-0.2, 0) is 16.0 Å². The van der Waals surface area contributed by atoms with E-state index in [0.29, 0.717) is 24.8 Å². The SMILES string of the molecule is CN(C)C=C1C(=O)CC(c2cccc(C(=O)CCCCc3ccccc3)c2)CC1=O. The number of allylic oxidation sites excluding steroid dienone is 1. The lowest BCUT2D eigenvalue weighted by Crippen LogP contribution is -2.26. The molecule has 0 saturated heterocycles. The molecule has 0 unspecified atom stereocenters. The number of carbonyl (C=O) groups excluding carboxylic acids is 3. The number of aryl methyl sites for hydroxylation is 1. The maximum atomic E-state index is 12.6. The van der Waals surface area contributed by atoms with Gasteiger partial charge in [0, 0.05) is 45.1 Å². The lowest BCUT2D eigenvalue weighted by molar-refractivity contribution is -0.124. The number of hydrogen-bond donors (Lipinski definition) is 0. The van der Waals surface area contributed by atoms with Crippen molar-refractivity contribution in [2.75, 3.05) is 14.1 Å². The molecule has 0 radical (unpaired) electrons. The average molecular weight is 404 g/mol. The van der Waals surface area contributed by atoms with Crippen molar-refractivity contribution in [3.63, 3.8) is 0 Å². The lowest BCUT2D eigenvalue weighted by atomic mass is 9.79. The van der Waals surface area contributed by atoms with E-state index in [1.165, 1.54) is 5.56 Å². The minimum atomic E-state index is -0.157. The predicted molar refractivity (Wildman–Crippen MR) is 119 cm³/mol. The monoisotopic (exact) mass is 403 g/mol. The first-order valence-corrected chi connectivity index (χ1v) is 10.6. The number of ketones is 3. The number of hydrogen-bond acceptors (Lipinski definition) is 4. The zero-order valence-electron chi connectivity index (χ0n) is 17.8. The molecule has 0 spiro atoms. The van der Waals surface area contributed by atoms with Gasteiger partial charge >= 0.3 is 0 Å². The standard InChI is InChI=1S/C26H29NO3/c1-27(2)18-23-25(29)16-22(17-26(23)30)20-12-8-13-21(15-20)24(28)14-7-6-11-19-9-4-3-5-10-19/h3-5,8-10,12-13,15,18,22H,6-7,11,14,16-17H2,1-2H3. The molecule has 30 heavy (non-hydrogen) atoms. The molecule has 0 amide bonds. The van der Waals surface area contributed by atoms with E-state index >= 15 is 0 Å². The minimum Gasteiger partial charge on any atom is -0.383 e. The maximum Gasteiger partial charge on any atom is 0.168 e. The second-order valence-electron chi connectivity index (χ2n) is 8.20. The van der Waals surface area contributed by atoms with Crippen LogP contribution in [0.4, 0.5) is 0 Å². The molecule has 2 aromatic carbocycles. The number of Topliss-reactive ketones (excluding diaryl/α,β-unsaturated/α-hetero) is 3. The van der Waals surface area contributed by atoms with Crippen LogP contribution in [0.3, 0.4) is 0 Å². The lowest BCUT2D eigenvalue weighted by Gasteiger charge is -2.23. The first-order valence-electron chi connectivity index (χ1n) is 10.6. The van der Waals surface area contributed by atoms with Gasteiger partial charge in [-0.1, -0.05) is 48.5 Å². The number of rotatable bonds is 8. The number of unbranched alkanes of at least 4 members (excludes halogenated alkanes) is 1. The average Bonchev–Trinajstić information content (AvgIpc) is 2.74. The molecule has 0 aromatic heterocycles. The Morgan fingerprint density at radius 3 is 2.33 bits per heavy atom. The van der Waals surface area contributed by atoms with Crippen LogP contribution in [0.2, 0.25) is 0 Å². The topological polar surface area (TPSA) is 54.5 Å². The molecule has 0 N–H and O–H groups in total. The first kappa shape index (κ1) is 21.7. The summed E-state index contributed by atoms with van der Waals surface area (Å²) in [6.07, 6.45) is 5.52. The van der Waals surface area contributed by atoms with Crippen molar-refractivity contribution in [3.05, 3.63) is 83.1 Å². The van der Waals surface area contributed by atoms with Gasteiger partial charge in [0.2, 0.25) is 0 Å². The molecule has 156 valence electrons. The van der Waals surface area contributed by atoms with E-state index in [-0.39, 0.29) is 28.8 Å². The van der Waals surface area contributed by atoms with Crippen molar-refractivity contribution in [2.45, 2.75) is 44.4 Å². The number of nitrogens with zero attached hydrogens (tertiary/aromatic N) is 1. The van der Waals surface area contributed by atoms with Crippen molar-refractivity contribution < 1.29 is 14.4 Å². The Morgan fingerprint density at radius 2 is 1.67 bits per heavy atom. The Hall–Kier alpha value is -3.01. The van der Waals surface area contributed by atoms with E-state index in [4.69, 9.17) is 0 Å². The summed E-state index contributed by atoms with van der Waals surface area (Å²) in [5, 5.41) is 0. The van der Waals surface area contributed by atoms with E-state index in [1.807, 2.05) is 42.5 Å².